The summed E-state index contributed by atoms with van der Waals surface area (Å²) in [6, 6.07) is 11.9. The standard InChI is InChI=1S/C14H18IN/c1-16-12-7-8-13(15)14(16,10-9-12)11-5-3-2-4-6-11/h2-6,12-13H,7-10H2,1H3/t12-,13?,14+/m1/s1. The molecule has 86 valence electrons. The van der Waals surface area contributed by atoms with E-state index >= 15 is 0 Å². The van der Waals surface area contributed by atoms with E-state index in [1.165, 1.54) is 31.2 Å². The summed E-state index contributed by atoms with van der Waals surface area (Å²) in [5.74, 6) is 0. The number of benzene rings is 1. The van der Waals surface area contributed by atoms with Crippen molar-refractivity contribution in [1.29, 1.82) is 0 Å². The lowest BCUT2D eigenvalue weighted by molar-refractivity contribution is 0.0927. The molecule has 0 N–H and O–H groups in total. The van der Waals surface area contributed by atoms with Gasteiger partial charge < -0.3 is 0 Å². The second-order valence-corrected chi connectivity index (χ2v) is 6.64. The van der Waals surface area contributed by atoms with E-state index in [2.05, 4.69) is 64.9 Å². The summed E-state index contributed by atoms with van der Waals surface area (Å²) in [5, 5.41) is 0. The number of rotatable bonds is 1. The van der Waals surface area contributed by atoms with Gasteiger partial charge in [0.15, 0.2) is 0 Å². The van der Waals surface area contributed by atoms with E-state index in [0.29, 0.717) is 5.54 Å². The molecule has 3 rings (SSSR count). The smallest absolute Gasteiger partial charge is 0.0579 e. The Kier molecular flexibility index (Phi) is 2.75. The Morgan fingerprint density at radius 2 is 1.94 bits per heavy atom. The first-order chi connectivity index (χ1) is 7.75. The molecule has 2 fully saturated rings. The van der Waals surface area contributed by atoms with Gasteiger partial charge in [0.05, 0.1) is 5.54 Å². The van der Waals surface area contributed by atoms with Crippen LogP contribution in [0, 0.1) is 0 Å². The number of alkyl halides is 1. The first-order valence-corrected chi connectivity index (χ1v) is 7.42. The van der Waals surface area contributed by atoms with E-state index in [9.17, 15) is 0 Å². The summed E-state index contributed by atoms with van der Waals surface area (Å²) in [6.07, 6.45) is 5.49. The molecule has 16 heavy (non-hydrogen) atoms. The highest BCUT2D eigenvalue weighted by Crippen LogP contribution is 2.52. The van der Waals surface area contributed by atoms with Crippen molar-refractivity contribution in [2.24, 2.45) is 0 Å². The zero-order valence-corrected chi connectivity index (χ0v) is 11.9. The van der Waals surface area contributed by atoms with E-state index < -0.39 is 0 Å². The quantitative estimate of drug-likeness (QED) is 0.563. The molecule has 2 aliphatic heterocycles. The van der Waals surface area contributed by atoms with Crippen LogP contribution in [0.2, 0.25) is 0 Å². The Hall–Kier alpha value is -0.0900. The molecule has 2 heteroatoms. The highest BCUT2D eigenvalue weighted by atomic mass is 127. The van der Waals surface area contributed by atoms with Gasteiger partial charge in [0.2, 0.25) is 0 Å². The van der Waals surface area contributed by atoms with Gasteiger partial charge in [-0.25, -0.2) is 0 Å². The predicted octanol–water partition coefficient (Wildman–Crippen LogP) is 3.57. The molecule has 2 bridgehead atoms. The van der Waals surface area contributed by atoms with Crippen LogP contribution in [-0.2, 0) is 5.54 Å². The summed E-state index contributed by atoms with van der Waals surface area (Å²) < 4.78 is 0.760. The van der Waals surface area contributed by atoms with E-state index in [1.807, 2.05) is 0 Å². The SMILES string of the molecule is CN1[C@@H]2CCC(I)[C@@]1(c1ccccc1)CC2. The maximum absolute atomic E-state index is 2.68. The predicted molar refractivity (Wildman–Crippen MR) is 75.9 cm³/mol. The maximum atomic E-state index is 2.68. The molecule has 0 spiro atoms. The Bertz CT molecular complexity index is 378. The van der Waals surface area contributed by atoms with Crippen molar-refractivity contribution in [3.8, 4) is 0 Å². The second kappa shape index (κ2) is 3.98. The first kappa shape index (κ1) is 11.0. The molecule has 1 aromatic carbocycles. The summed E-state index contributed by atoms with van der Waals surface area (Å²) >= 11 is 2.68. The first-order valence-electron chi connectivity index (χ1n) is 6.17. The van der Waals surface area contributed by atoms with Gasteiger partial charge >= 0.3 is 0 Å². The van der Waals surface area contributed by atoms with Crippen molar-refractivity contribution in [1.82, 2.24) is 4.90 Å². The molecule has 1 aromatic rings. The topological polar surface area (TPSA) is 3.24 Å². The molecule has 2 aliphatic rings. The second-order valence-electron chi connectivity index (χ2n) is 5.14. The van der Waals surface area contributed by atoms with Crippen LogP contribution < -0.4 is 0 Å². The molecular formula is C14H18IN. The zero-order chi connectivity index (χ0) is 11.2. The van der Waals surface area contributed by atoms with Crippen LogP contribution in [0.5, 0.6) is 0 Å². The van der Waals surface area contributed by atoms with Gasteiger partial charge in [0.25, 0.3) is 0 Å². The van der Waals surface area contributed by atoms with Crippen LogP contribution in [0.3, 0.4) is 0 Å². The van der Waals surface area contributed by atoms with E-state index in [1.54, 1.807) is 0 Å². The lowest BCUT2D eigenvalue weighted by Crippen LogP contribution is -2.51. The van der Waals surface area contributed by atoms with Crippen LogP contribution >= 0.6 is 22.6 Å². The molecule has 0 aromatic heterocycles. The normalized spacial score (nSPS) is 38.9. The number of nitrogens with zero attached hydrogens (tertiary/aromatic N) is 1. The third-order valence-electron chi connectivity index (χ3n) is 4.58. The number of hydrogen-bond donors (Lipinski definition) is 0. The molecule has 0 aliphatic carbocycles. The van der Waals surface area contributed by atoms with E-state index in [-0.39, 0.29) is 0 Å². The highest BCUT2D eigenvalue weighted by Gasteiger charge is 2.52. The fourth-order valence-electron chi connectivity index (χ4n) is 3.63. The molecule has 0 radical (unpaired) electrons. The summed E-state index contributed by atoms with van der Waals surface area (Å²) in [6.45, 7) is 0. The molecule has 1 unspecified atom stereocenters. The van der Waals surface area contributed by atoms with Crippen molar-refractivity contribution < 1.29 is 0 Å². The maximum Gasteiger partial charge on any atom is 0.0579 e. The molecule has 2 heterocycles. The van der Waals surface area contributed by atoms with Crippen molar-refractivity contribution >= 4 is 22.6 Å². The summed E-state index contributed by atoms with van der Waals surface area (Å²) in [4.78, 5) is 2.66. The minimum atomic E-state index is 0.324. The van der Waals surface area contributed by atoms with Gasteiger partial charge in [-0.15, -0.1) is 0 Å². The lowest BCUT2D eigenvalue weighted by atomic mass is 9.82. The highest BCUT2D eigenvalue weighted by molar-refractivity contribution is 14.1. The average Bonchev–Trinajstić information content (AvgIpc) is 2.54. The monoisotopic (exact) mass is 327 g/mol. The largest absolute Gasteiger partial charge is 0.293 e. The molecule has 0 saturated carbocycles. The molecule has 0 amide bonds. The zero-order valence-electron chi connectivity index (χ0n) is 9.70. The van der Waals surface area contributed by atoms with Gasteiger partial charge in [0, 0.05) is 9.97 Å². The Morgan fingerprint density at radius 1 is 1.19 bits per heavy atom. The lowest BCUT2D eigenvalue weighted by Gasteiger charge is -2.46. The van der Waals surface area contributed by atoms with Crippen molar-refractivity contribution in [2.75, 3.05) is 7.05 Å². The van der Waals surface area contributed by atoms with Crippen LogP contribution in [0.1, 0.15) is 31.2 Å². The van der Waals surface area contributed by atoms with E-state index in [4.69, 9.17) is 0 Å². The molecular weight excluding hydrogens is 309 g/mol. The third kappa shape index (κ3) is 1.39. The van der Waals surface area contributed by atoms with Gasteiger partial charge in [0.1, 0.15) is 0 Å². The van der Waals surface area contributed by atoms with E-state index in [0.717, 1.165) is 9.97 Å². The average molecular weight is 327 g/mol. The Morgan fingerprint density at radius 3 is 2.69 bits per heavy atom. The van der Waals surface area contributed by atoms with Crippen LogP contribution in [-0.4, -0.2) is 21.9 Å². The fourth-order valence-corrected chi connectivity index (χ4v) is 5.10. The number of fused-ring (bicyclic) bond motifs is 2. The van der Waals surface area contributed by atoms with Crippen LogP contribution in [0.4, 0.5) is 0 Å². The van der Waals surface area contributed by atoms with Crippen molar-refractivity contribution in [2.45, 2.75) is 41.2 Å². The van der Waals surface area contributed by atoms with Gasteiger partial charge in [-0.05, 0) is 38.3 Å². The minimum absolute atomic E-state index is 0.324. The van der Waals surface area contributed by atoms with Gasteiger partial charge in [-0.1, -0.05) is 52.9 Å². The summed E-state index contributed by atoms with van der Waals surface area (Å²) in [7, 11) is 2.33. The van der Waals surface area contributed by atoms with Gasteiger partial charge in [-0.2, -0.15) is 0 Å². The number of halogens is 1. The third-order valence-corrected chi connectivity index (χ3v) is 6.23. The van der Waals surface area contributed by atoms with Gasteiger partial charge in [-0.3, -0.25) is 4.90 Å². The molecule has 1 nitrogen and oxygen atoms in total. The van der Waals surface area contributed by atoms with Crippen LogP contribution in [0.15, 0.2) is 30.3 Å². The number of piperidine rings is 1. The molecule has 2 saturated heterocycles. The van der Waals surface area contributed by atoms with Crippen molar-refractivity contribution in [3.05, 3.63) is 35.9 Å². The number of hydrogen-bond acceptors (Lipinski definition) is 1. The van der Waals surface area contributed by atoms with Crippen LogP contribution in [0.25, 0.3) is 0 Å². The Labute approximate surface area is 111 Å². The molecule has 3 atom stereocenters. The Balaban J connectivity index is 2.08. The summed E-state index contributed by atoms with van der Waals surface area (Å²) in [5.41, 5.74) is 1.85. The minimum Gasteiger partial charge on any atom is -0.293 e. The fraction of sp³-hybridized carbons (Fsp3) is 0.571. The van der Waals surface area contributed by atoms with Crippen molar-refractivity contribution in [3.63, 3.8) is 0 Å².